The van der Waals surface area contributed by atoms with Gasteiger partial charge in [-0.3, -0.25) is 4.79 Å². The van der Waals surface area contributed by atoms with Gasteiger partial charge < -0.3 is 10.1 Å². The Hall–Kier alpha value is -2.09. The van der Waals surface area contributed by atoms with Crippen molar-refractivity contribution in [3.63, 3.8) is 0 Å². The maximum atomic E-state index is 13.0. The van der Waals surface area contributed by atoms with Gasteiger partial charge in [0.2, 0.25) is 5.88 Å². The molecule has 0 saturated heterocycles. The van der Waals surface area contributed by atoms with Gasteiger partial charge in [-0.15, -0.1) is 0 Å². The van der Waals surface area contributed by atoms with Crippen LogP contribution in [0.5, 0.6) is 11.6 Å². The number of amides is 1. The number of benzene rings is 1. The van der Waals surface area contributed by atoms with Crippen molar-refractivity contribution in [2.24, 2.45) is 5.92 Å². The van der Waals surface area contributed by atoms with Gasteiger partial charge in [0.25, 0.3) is 5.91 Å². The molecule has 0 bridgehead atoms. The van der Waals surface area contributed by atoms with Crippen LogP contribution in [0.1, 0.15) is 36.0 Å². The lowest BCUT2D eigenvalue weighted by molar-refractivity contribution is -0.183. The van der Waals surface area contributed by atoms with Crippen LogP contribution in [0.3, 0.4) is 0 Å². The number of hydrogen-bond acceptors (Lipinski definition) is 3. The molecule has 1 N–H and O–H groups in total. The van der Waals surface area contributed by atoms with Crippen LogP contribution in [0.25, 0.3) is 0 Å². The van der Waals surface area contributed by atoms with E-state index < -0.39 is 24.0 Å². The molecule has 1 aromatic heterocycles. The topological polar surface area (TPSA) is 51.2 Å². The third kappa shape index (κ3) is 5.22. The number of alkyl halides is 3. The lowest BCUT2D eigenvalue weighted by Crippen LogP contribution is -2.41. The molecule has 0 aliphatic heterocycles. The SMILES string of the molecule is O=C(NC1CCCC(C(F)(F)F)C1)c1cccnc1Oc1cccc(Br)c1. The highest BCUT2D eigenvalue weighted by molar-refractivity contribution is 9.10. The van der Waals surface area contributed by atoms with E-state index in [4.69, 9.17) is 4.74 Å². The van der Waals surface area contributed by atoms with E-state index in [-0.39, 0.29) is 24.3 Å². The van der Waals surface area contributed by atoms with Gasteiger partial charge in [-0.05, 0) is 49.6 Å². The summed E-state index contributed by atoms with van der Waals surface area (Å²) in [6.07, 6.45) is -1.77. The van der Waals surface area contributed by atoms with Crippen LogP contribution in [0.2, 0.25) is 0 Å². The summed E-state index contributed by atoms with van der Waals surface area (Å²) in [5, 5.41) is 2.71. The molecule has 3 rings (SSSR count). The predicted molar refractivity (Wildman–Crippen MR) is 97.7 cm³/mol. The Bertz CT molecular complexity index is 814. The fraction of sp³-hybridized carbons (Fsp3) is 0.368. The summed E-state index contributed by atoms with van der Waals surface area (Å²) < 4.78 is 45.4. The molecule has 1 saturated carbocycles. The van der Waals surface area contributed by atoms with Crippen molar-refractivity contribution in [2.45, 2.75) is 37.9 Å². The smallest absolute Gasteiger partial charge is 0.391 e. The zero-order valence-corrected chi connectivity index (χ0v) is 15.9. The summed E-state index contributed by atoms with van der Waals surface area (Å²) in [4.78, 5) is 16.7. The average Bonchev–Trinajstić information content (AvgIpc) is 2.62. The van der Waals surface area contributed by atoms with Crippen LogP contribution in [-0.4, -0.2) is 23.1 Å². The number of nitrogens with one attached hydrogen (secondary N) is 1. The molecule has 2 unspecified atom stereocenters. The van der Waals surface area contributed by atoms with Crippen molar-refractivity contribution in [3.8, 4) is 11.6 Å². The fourth-order valence-corrected chi connectivity index (χ4v) is 3.55. The summed E-state index contributed by atoms with van der Waals surface area (Å²) in [5.41, 5.74) is 0.187. The molecule has 1 aliphatic carbocycles. The number of carbonyl (C=O) groups excluding carboxylic acids is 1. The highest BCUT2D eigenvalue weighted by Crippen LogP contribution is 2.37. The molecule has 2 aromatic rings. The van der Waals surface area contributed by atoms with Gasteiger partial charge in [-0.1, -0.05) is 28.4 Å². The molecule has 4 nitrogen and oxygen atoms in total. The van der Waals surface area contributed by atoms with Crippen molar-refractivity contribution < 1.29 is 22.7 Å². The minimum atomic E-state index is -4.23. The Kier molecular flexibility index (Phi) is 6.04. The molecule has 1 fully saturated rings. The van der Waals surface area contributed by atoms with Gasteiger partial charge >= 0.3 is 6.18 Å². The van der Waals surface area contributed by atoms with Crippen LogP contribution in [0, 0.1) is 5.92 Å². The van der Waals surface area contributed by atoms with Crippen molar-refractivity contribution in [1.29, 1.82) is 0 Å². The average molecular weight is 443 g/mol. The number of carbonyl (C=O) groups is 1. The van der Waals surface area contributed by atoms with Gasteiger partial charge in [0.1, 0.15) is 11.3 Å². The molecule has 1 aliphatic rings. The first-order valence-corrected chi connectivity index (χ1v) is 9.38. The first kappa shape index (κ1) is 19.7. The summed E-state index contributed by atoms with van der Waals surface area (Å²) in [6.45, 7) is 0. The van der Waals surface area contributed by atoms with Crippen LogP contribution in [0.15, 0.2) is 47.1 Å². The lowest BCUT2D eigenvalue weighted by atomic mass is 9.85. The summed E-state index contributed by atoms with van der Waals surface area (Å²) in [7, 11) is 0. The minimum Gasteiger partial charge on any atom is -0.438 e. The monoisotopic (exact) mass is 442 g/mol. The van der Waals surface area contributed by atoms with Crippen LogP contribution < -0.4 is 10.1 Å². The second kappa shape index (κ2) is 8.29. The first-order valence-electron chi connectivity index (χ1n) is 8.59. The summed E-state index contributed by atoms with van der Waals surface area (Å²) in [5.74, 6) is -1.26. The normalized spacial score (nSPS) is 20.1. The second-order valence-corrected chi connectivity index (χ2v) is 7.41. The number of halogens is 4. The van der Waals surface area contributed by atoms with Crippen LogP contribution in [-0.2, 0) is 0 Å². The Morgan fingerprint density at radius 1 is 1.22 bits per heavy atom. The van der Waals surface area contributed by atoms with Crippen molar-refractivity contribution in [1.82, 2.24) is 10.3 Å². The number of aromatic nitrogens is 1. The quantitative estimate of drug-likeness (QED) is 0.681. The van der Waals surface area contributed by atoms with Gasteiger partial charge in [-0.2, -0.15) is 13.2 Å². The van der Waals surface area contributed by atoms with Crippen LogP contribution >= 0.6 is 15.9 Å². The van der Waals surface area contributed by atoms with E-state index in [1.807, 2.05) is 6.07 Å². The Balaban J connectivity index is 1.72. The molecular formula is C19H18BrF3N2O2. The van der Waals surface area contributed by atoms with Gasteiger partial charge in [0, 0.05) is 16.7 Å². The number of rotatable bonds is 4. The molecule has 27 heavy (non-hydrogen) atoms. The Morgan fingerprint density at radius 2 is 2.04 bits per heavy atom. The third-order valence-corrected chi connectivity index (χ3v) is 4.99. The van der Waals surface area contributed by atoms with E-state index in [9.17, 15) is 18.0 Å². The molecule has 0 radical (unpaired) electrons. The number of ether oxygens (including phenoxy) is 1. The largest absolute Gasteiger partial charge is 0.438 e. The third-order valence-electron chi connectivity index (χ3n) is 4.50. The Labute approximate surface area is 163 Å². The van der Waals surface area contributed by atoms with Crippen LogP contribution in [0.4, 0.5) is 13.2 Å². The van der Waals surface area contributed by atoms with E-state index >= 15 is 0 Å². The first-order chi connectivity index (χ1) is 12.8. The predicted octanol–water partition coefficient (Wildman–Crippen LogP) is 5.49. The van der Waals surface area contributed by atoms with Gasteiger partial charge in [-0.25, -0.2) is 4.98 Å². The summed E-state index contributed by atoms with van der Waals surface area (Å²) in [6, 6.07) is 9.67. The second-order valence-electron chi connectivity index (χ2n) is 6.49. The van der Waals surface area contributed by atoms with E-state index in [1.165, 1.54) is 6.20 Å². The van der Waals surface area contributed by atoms with Crippen molar-refractivity contribution in [3.05, 3.63) is 52.6 Å². The number of hydrogen-bond donors (Lipinski definition) is 1. The Morgan fingerprint density at radius 3 is 2.78 bits per heavy atom. The van der Waals surface area contributed by atoms with Crippen molar-refractivity contribution >= 4 is 21.8 Å². The molecule has 144 valence electrons. The molecule has 1 heterocycles. The zero-order valence-electron chi connectivity index (χ0n) is 14.3. The zero-order chi connectivity index (χ0) is 19.4. The number of pyridine rings is 1. The number of nitrogens with zero attached hydrogens (tertiary/aromatic N) is 1. The highest BCUT2D eigenvalue weighted by atomic mass is 79.9. The van der Waals surface area contributed by atoms with Gasteiger partial charge in [0.15, 0.2) is 0 Å². The molecular weight excluding hydrogens is 425 g/mol. The fourth-order valence-electron chi connectivity index (χ4n) is 3.17. The maximum Gasteiger partial charge on any atom is 0.391 e. The van der Waals surface area contributed by atoms with Gasteiger partial charge in [0.05, 0.1) is 5.92 Å². The molecule has 0 spiro atoms. The highest BCUT2D eigenvalue weighted by Gasteiger charge is 2.42. The molecule has 2 atom stereocenters. The maximum absolute atomic E-state index is 13.0. The minimum absolute atomic E-state index is 0.0999. The van der Waals surface area contributed by atoms with E-state index in [2.05, 4.69) is 26.2 Å². The molecule has 8 heteroatoms. The standard InChI is InChI=1S/C19H18BrF3N2O2/c20-13-5-2-7-15(11-13)27-18-16(8-3-9-24-18)17(26)25-14-6-1-4-12(10-14)19(21,22)23/h2-3,5,7-9,11-12,14H,1,4,6,10H2,(H,25,26). The van der Waals surface area contributed by atoms with E-state index in [1.54, 1.807) is 30.3 Å². The van der Waals surface area contributed by atoms with E-state index in [0.29, 0.717) is 18.6 Å². The van der Waals surface area contributed by atoms with Crippen molar-refractivity contribution in [2.75, 3.05) is 0 Å². The lowest BCUT2D eigenvalue weighted by Gasteiger charge is -2.31. The molecule has 1 amide bonds. The molecule has 1 aromatic carbocycles. The van der Waals surface area contributed by atoms with E-state index in [0.717, 1.165) is 4.47 Å². The summed E-state index contributed by atoms with van der Waals surface area (Å²) >= 11 is 3.34.